The number of hydrogen-bond donors (Lipinski definition) is 1. The number of halogens is 1. The zero-order valence-corrected chi connectivity index (χ0v) is 14.9. The van der Waals surface area contributed by atoms with Crippen LogP contribution in [0.25, 0.3) is 0 Å². The molecule has 0 saturated heterocycles. The third-order valence-corrected chi connectivity index (χ3v) is 4.24. The molecule has 1 atom stereocenters. The number of likely N-dealkylation sites (N-methyl/N-ethyl adjacent to an activating group) is 1. The van der Waals surface area contributed by atoms with Crippen LogP contribution in [0.1, 0.15) is 17.2 Å². The predicted octanol–water partition coefficient (Wildman–Crippen LogP) is 4.46. The maximum atomic E-state index is 13.4. The van der Waals surface area contributed by atoms with Gasteiger partial charge in [-0.15, -0.1) is 0 Å². The zero-order valence-electron chi connectivity index (χ0n) is 14.9. The topological polar surface area (TPSA) is 55.6 Å². The van der Waals surface area contributed by atoms with Crippen molar-refractivity contribution in [3.63, 3.8) is 0 Å². The summed E-state index contributed by atoms with van der Waals surface area (Å²) in [6, 6.07) is 19.8. The molecule has 3 aromatic rings. The molecule has 1 radical (unpaired) electrons. The molecule has 0 aromatic heterocycles. The van der Waals surface area contributed by atoms with Gasteiger partial charge in [0.05, 0.1) is 0 Å². The highest BCUT2D eigenvalue weighted by atomic mass is 19.1. The third kappa shape index (κ3) is 4.26. The van der Waals surface area contributed by atoms with E-state index >= 15 is 0 Å². The number of nitrogens with zero attached hydrogens (tertiary/aromatic N) is 1. The average Bonchev–Trinajstić information content (AvgIpc) is 2.64. The largest absolute Gasteiger partial charge is 0.457 e. The highest BCUT2D eigenvalue weighted by Crippen LogP contribution is 2.33. The lowest BCUT2D eigenvalue weighted by molar-refractivity contribution is -0.119. The maximum Gasteiger partial charge on any atom is 0.244 e. The van der Waals surface area contributed by atoms with Gasteiger partial charge in [0.2, 0.25) is 5.91 Å². The molecule has 0 saturated carbocycles. The fourth-order valence-corrected chi connectivity index (χ4v) is 2.96. The Morgan fingerprint density at radius 1 is 1.04 bits per heavy atom. The highest BCUT2D eigenvalue weighted by Gasteiger charge is 2.24. The third-order valence-electron chi connectivity index (χ3n) is 4.24. The van der Waals surface area contributed by atoms with Crippen LogP contribution in [0.4, 0.5) is 10.1 Å². The van der Waals surface area contributed by atoms with Gasteiger partial charge in [0.15, 0.2) is 0 Å². The number of carbonyl (C=O) groups is 1. The lowest BCUT2D eigenvalue weighted by atomic mass is 10.0. The SMILES string of the molecule is [CH2]c1ccc(Oc2cccc(F)c2)cc1N(C)[C@@H](C(N)=O)c1ccccc1. The maximum absolute atomic E-state index is 13.4. The van der Waals surface area contributed by atoms with Crippen LogP contribution in [0.3, 0.4) is 0 Å². The van der Waals surface area contributed by atoms with Crippen molar-refractivity contribution in [3.8, 4) is 11.5 Å². The van der Waals surface area contributed by atoms with Gasteiger partial charge >= 0.3 is 0 Å². The Morgan fingerprint density at radius 2 is 1.74 bits per heavy atom. The molecule has 3 rings (SSSR count). The first-order chi connectivity index (χ1) is 13.0. The summed E-state index contributed by atoms with van der Waals surface area (Å²) in [6.45, 7) is 4.03. The fraction of sp³-hybridized carbons (Fsp3) is 0.0909. The molecule has 4 nitrogen and oxygen atoms in total. The standard InChI is InChI=1S/C22H20FN2O2/c1-15-11-12-19(27-18-10-6-9-17(23)13-18)14-20(15)25(2)21(22(24)26)16-7-4-3-5-8-16/h3-14,21H,1H2,2H3,(H2,24,26)/t21-/m1/s1. The molecule has 27 heavy (non-hydrogen) atoms. The van der Waals surface area contributed by atoms with Crippen molar-refractivity contribution in [2.24, 2.45) is 5.73 Å². The molecule has 0 spiro atoms. The van der Waals surface area contributed by atoms with Crippen molar-refractivity contribution in [1.82, 2.24) is 0 Å². The summed E-state index contributed by atoms with van der Waals surface area (Å²) in [6.07, 6.45) is 0. The van der Waals surface area contributed by atoms with Gasteiger partial charge in [-0.25, -0.2) is 4.39 Å². The van der Waals surface area contributed by atoms with Crippen LogP contribution in [0.5, 0.6) is 11.5 Å². The van der Waals surface area contributed by atoms with Crippen molar-refractivity contribution in [3.05, 3.63) is 96.7 Å². The number of rotatable bonds is 6. The second-order valence-electron chi connectivity index (χ2n) is 6.18. The Kier molecular flexibility index (Phi) is 5.41. The van der Waals surface area contributed by atoms with Gasteiger partial charge in [-0.1, -0.05) is 42.5 Å². The van der Waals surface area contributed by atoms with Crippen molar-refractivity contribution < 1.29 is 13.9 Å². The Balaban J connectivity index is 1.94. The molecule has 0 bridgehead atoms. The van der Waals surface area contributed by atoms with E-state index in [9.17, 15) is 9.18 Å². The summed E-state index contributed by atoms with van der Waals surface area (Å²) in [4.78, 5) is 13.9. The minimum Gasteiger partial charge on any atom is -0.457 e. The quantitative estimate of drug-likeness (QED) is 0.703. The van der Waals surface area contributed by atoms with E-state index in [1.807, 2.05) is 30.3 Å². The lowest BCUT2D eigenvalue weighted by Crippen LogP contribution is -2.35. The zero-order chi connectivity index (χ0) is 19.4. The molecule has 137 valence electrons. The van der Waals surface area contributed by atoms with Crippen molar-refractivity contribution >= 4 is 11.6 Å². The predicted molar refractivity (Wildman–Crippen MR) is 104 cm³/mol. The van der Waals surface area contributed by atoms with E-state index in [1.165, 1.54) is 12.1 Å². The Morgan fingerprint density at radius 3 is 2.41 bits per heavy atom. The number of anilines is 1. The molecular formula is C22H20FN2O2. The summed E-state index contributed by atoms with van der Waals surface area (Å²) in [7, 11) is 1.78. The number of benzene rings is 3. The van der Waals surface area contributed by atoms with Crippen LogP contribution in [-0.4, -0.2) is 13.0 Å². The van der Waals surface area contributed by atoms with Gasteiger partial charge in [0.25, 0.3) is 0 Å². The highest BCUT2D eigenvalue weighted by molar-refractivity contribution is 5.85. The Bertz CT molecular complexity index is 944. The number of nitrogens with two attached hydrogens (primary N) is 1. The minimum atomic E-state index is -0.656. The van der Waals surface area contributed by atoms with Crippen molar-refractivity contribution in [1.29, 1.82) is 0 Å². The number of primary amides is 1. The summed E-state index contributed by atoms with van der Waals surface area (Å²) in [5.41, 5.74) is 7.85. The van der Waals surface area contributed by atoms with E-state index in [2.05, 4.69) is 6.92 Å². The average molecular weight is 363 g/mol. The molecule has 1 amide bonds. The van der Waals surface area contributed by atoms with Crippen molar-refractivity contribution in [2.75, 3.05) is 11.9 Å². The first kappa shape index (κ1) is 18.5. The van der Waals surface area contributed by atoms with E-state index in [-0.39, 0.29) is 5.82 Å². The molecule has 0 heterocycles. The lowest BCUT2D eigenvalue weighted by Gasteiger charge is -2.29. The summed E-state index contributed by atoms with van der Waals surface area (Å²) >= 11 is 0. The second kappa shape index (κ2) is 7.91. The van der Waals surface area contributed by atoms with Crippen LogP contribution in [-0.2, 0) is 4.79 Å². The number of ether oxygens (including phenoxy) is 1. The first-order valence-electron chi connectivity index (χ1n) is 8.42. The van der Waals surface area contributed by atoms with Gasteiger partial charge in [-0.05, 0) is 36.2 Å². The first-order valence-corrected chi connectivity index (χ1v) is 8.42. The molecule has 0 aliphatic carbocycles. The van der Waals surface area contributed by atoms with Gasteiger partial charge < -0.3 is 15.4 Å². The minimum absolute atomic E-state index is 0.378. The Labute approximate surface area is 158 Å². The van der Waals surface area contributed by atoms with Crippen LogP contribution < -0.4 is 15.4 Å². The smallest absolute Gasteiger partial charge is 0.244 e. The van der Waals surface area contributed by atoms with E-state index < -0.39 is 11.9 Å². The fourth-order valence-electron chi connectivity index (χ4n) is 2.96. The molecule has 0 aliphatic rings. The van der Waals surface area contributed by atoms with Crippen LogP contribution in [0.15, 0.2) is 72.8 Å². The summed E-state index contributed by atoms with van der Waals surface area (Å²) in [5.74, 6) is 0.0390. The van der Waals surface area contributed by atoms with E-state index in [0.717, 1.165) is 5.56 Å². The number of hydrogen-bond acceptors (Lipinski definition) is 3. The molecule has 0 fully saturated rings. The van der Waals surface area contributed by atoms with Crippen molar-refractivity contribution in [2.45, 2.75) is 6.04 Å². The molecule has 5 heteroatoms. The van der Waals surface area contributed by atoms with Gasteiger partial charge in [0, 0.05) is 24.9 Å². The molecule has 0 aliphatic heterocycles. The van der Waals surface area contributed by atoms with Gasteiger partial charge in [-0.2, -0.15) is 0 Å². The molecular weight excluding hydrogens is 343 g/mol. The van der Waals surface area contributed by atoms with E-state index in [0.29, 0.717) is 22.7 Å². The van der Waals surface area contributed by atoms with E-state index in [1.54, 1.807) is 42.3 Å². The monoisotopic (exact) mass is 363 g/mol. The molecule has 3 aromatic carbocycles. The van der Waals surface area contributed by atoms with Crippen LogP contribution in [0.2, 0.25) is 0 Å². The second-order valence-corrected chi connectivity index (χ2v) is 6.18. The number of amides is 1. The van der Waals surface area contributed by atoms with Crippen LogP contribution >= 0.6 is 0 Å². The van der Waals surface area contributed by atoms with Crippen LogP contribution in [0, 0.1) is 12.7 Å². The molecule has 2 N–H and O–H groups in total. The van der Waals surface area contributed by atoms with E-state index in [4.69, 9.17) is 10.5 Å². The Hall–Kier alpha value is -3.34. The van der Waals surface area contributed by atoms with Gasteiger partial charge in [0.1, 0.15) is 23.4 Å². The normalized spacial score (nSPS) is 11.7. The molecule has 0 unspecified atom stereocenters. The number of carbonyl (C=O) groups excluding carboxylic acids is 1. The summed E-state index contributed by atoms with van der Waals surface area (Å²) in [5, 5.41) is 0. The summed E-state index contributed by atoms with van der Waals surface area (Å²) < 4.78 is 19.1. The van der Waals surface area contributed by atoms with Gasteiger partial charge in [-0.3, -0.25) is 4.79 Å².